The molecule has 0 saturated carbocycles. The van der Waals surface area contributed by atoms with E-state index >= 15 is 0 Å². The Kier molecular flexibility index (Phi) is 5.04. The third-order valence-electron chi connectivity index (χ3n) is 3.85. The molecular formula is C20H18N2O3S. The lowest BCUT2D eigenvalue weighted by Crippen LogP contribution is -2.15. The lowest BCUT2D eigenvalue weighted by molar-refractivity contribution is 0.102. The average Bonchev–Trinajstić information content (AvgIpc) is 2.64. The van der Waals surface area contributed by atoms with Crippen LogP contribution in [-0.2, 0) is 10.0 Å². The number of para-hydroxylation sites is 2. The number of rotatable bonds is 5. The van der Waals surface area contributed by atoms with Crippen molar-refractivity contribution >= 4 is 27.3 Å². The van der Waals surface area contributed by atoms with Crippen molar-refractivity contribution in [3.05, 3.63) is 90.0 Å². The first-order valence-electron chi connectivity index (χ1n) is 8.01. The maximum atomic E-state index is 12.4. The highest BCUT2D eigenvalue weighted by atomic mass is 32.2. The number of amides is 1. The minimum atomic E-state index is -3.70. The van der Waals surface area contributed by atoms with E-state index in [1.807, 2.05) is 31.2 Å². The van der Waals surface area contributed by atoms with Crippen LogP contribution in [0.4, 0.5) is 11.4 Å². The quantitative estimate of drug-likeness (QED) is 0.715. The van der Waals surface area contributed by atoms with Crippen molar-refractivity contribution in [1.29, 1.82) is 0 Å². The van der Waals surface area contributed by atoms with Gasteiger partial charge in [0.1, 0.15) is 0 Å². The van der Waals surface area contributed by atoms with Crippen molar-refractivity contribution in [1.82, 2.24) is 0 Å². The minimum absolute atomic E-state index is 0.0915. The molecule has 132 valence electrons. The average molecular weight is 366 g/mol. The summed E-state index contributed by atoms with van der Waals surface area (Å²) in [6.07, 6.45) is 0. The van der Waals surface area contributed by atoms with Gasteiger partial charge in [-0.15, -0.1) is 0 Å². The molecule has 0 aromatic heterocycles. The maximum Gasteiger partial charge on any atom is 0.261 e. The highest BCUT2D eigenvalue weighted by molar-refractivity contribution is 7.92. The topological polar surface area (TPSA) is 75.3 Å². The van der Waals surface area contributed by atoms with Crippen molar-refractivity contribution in [2.45, 2.75) is 11.8 Å². The smallest absolute Gasteiger partial charge is 0.261 e. The fourth-order valence-electron chi connectivity index (χ4n) is 2.41. The summed E-state index contributed by atoms with van der Waals surface area (Å²) >= 11 is 0. The Morgan fingerprint density at radius 2 is 1.42 bits per heavy atom. The molecule has 0 aliphatic carbocycles. The summed E-state index contributed by atoms with van der Waals surface area (Å²) in [5, 5.41) is 2.82. The molecule has 0 heterocycles. The SMILES string of the molecule is Cc1ccccc1NC(=O)c1ccc(S(=O)(=O)Nc2ccccc2)cc1. The summed E-state index contributed by atoms with van der Waals surface area (Å²) in [4.78, 5) is 12.4. The van der Waals surface area contributed by atoms with E-state index in [2.05, 4.69) is 10.0 Å². The fourth-order valence-corrected chi connectivity index (χ4v) is 3.47. The molecule has 0 spiro atoms. The lowest BCUT2D eigenvalue weighted by Gasteiger charge is -2.10. The van der Waals surface area contributed by atoms with Crippen molar-refractivity contribution in [3.63, 3.8) is 0 Å². The Labute approximate surface area is 152 Å². The van der Waals surface area contributed by atoms with E-state index in [9.17, 15) is 13.2 Å². The molecule has 0 fully saturated rings. The predicted octanol–water partition coefficient (Wildman–Crippen LogP) is 4.05. The molecule has 0 radical (unpaired) electrons. The molecule has 26 heavy (non-hydrogen) atoms. The molecule has 1 amide bonds. The van der Waals surface area contributed by atoms with Crippen LogP contribution in [-0.4, -0.2) is 14.3 Å². The van der Waals surface area contributed by atoms with Crippen LogP contribution in [0.3, 0.4) is 0 Å². The van der Waals surface area contributed by atoms with Crippen molar-refractivity contribution in [3.8, 4) is 0 Å². The Morgan fingerprint density at radius 1 is 0.808 bits per heavy atom. The van der Waals surface area contributed by atoms with Crippen LogP contribution in [0.25, 0.3) is 0 Å². The maximum absolute atomic E-state index is 12.4. The minimum Gasteiger partial charge on any atom is -0.322 e. The second-order valence-corrected chi connectivity index (χ2v) is 7.45. The highest BCUT2D eigenvalue weighted by Crippen LogP contribution is 2.18. The molecule has 0 bridgehead atoms. The second kappa shape index (κ2) is 7.41. The van der Waals surface area contributed by atoms with Gasteiger partial charge in [0.05, 0.1) is 4.90 Å². The molecule has 0 aliphatic heterocycles. The van der Waals surface area contributed by atoms with E-state index in [1.165, 1.54) is 24.3 Å². The molecule has 3 rings (SSSR count). The van der Waals surface area contributed by atoms with Gasteiger partial charge in [-0.25, -0.2) is 8.42 Å². The number of benzene rings is 3. The van der Waals surface area contributed by atoms with Gasteiger partial charge < -0.3 is 5.32 Å². The normalized spacial score (nSPS) is 11.0. The van der Waals surface area contributed by atoms with Crippen LogP contribution in [0.1, 0.15) is 15.9 Å². The number of hydrogen-bond acceptors (Lipinski definition) is 3. The first-order valence-corrected chi connectivity index (χ1v) is 9.49. The van der Waals surface area contributed by atoms with Crippen molar-refractivity contribution in [2.75, 3.05) is 10.0 Å². The van der Waals surface area contributed by atoms with E-state index in [1.54, 1.807) is 30.3 Å². The Morgan fingerprint density at radius 3 is 2.08 bits per heavy atom. The van der Waals surface area contributed by atoms with E-state index < -0.39 is 10.0 Å². The number of nitrogens with one attached hydrogen (secondary N) is 2. The third-order valence-corrected chi connectivity index (χ3v) is 5.24. The number of sulfonamides is 1. The van der Waals surface area contributed by atoms with Gasteiger partial charge in [0.15, 0.2) is 0 Å². The zero-order valence-electron chi connectivity index (χ0n) is 14.1. The molecule has 6 heteroatoms. The number of carbonyl (C=O) groups excluding carboxylic acids is 1. The molecule has 0 atom stereocenters. The zero-order chi connectivity index (χ0) is 18.6. The van der Waals surface area contributed by atoms with E-state index in [-0.39, 0.29) is 10.8 Å². The van der Waals surface area contributed by atoms with E-state index in [0.29, 0.717) is 11.3 Å². The van der Waals surface area contributed by atoms with Crippen LogP contribution in [0.5, 0.6) is 0 Å². The van der Waals surface area contributed by atoms with Gasteiger partial charge in [0.2, 0.25) is 0 Å². The van der Waals surface area contributed by atoms with E-state index in [4.69, 9.17) is 0 Å². The first kappa shape index (κ1) is 17.7. The predicted molar refractivity (Wildman–Crippen MR) is 103 cm³/mol. The summed E-state index contributed by atoms with van der Waals surface area (Å²) in [6, 6.07) is 21.9. The van der Waals surface area contributed by atoms with E-state index in [0.717, 1.165) is 11.3 Å². The zero-order valence-corrected chi connectivity index (χ0v) is 15.0. The molecular weight excluding hydrogens is 348 g/mol. The van der Waals surface area contributed by atoms with Gasteiger partial charge in [0, 0.05) is 16.9 Å². The Hall–Kier alpha value is -3.12. The summed E-state index contributed by atoms with van der Waals surface area (Å²) < 4.78 is 27.3. The Balaban J connectivity index is 1.75. The lowest BCUT2D eigenvalue weighted by atomic mass is 10.1. The van der Waals surface area contributed by atoms with Gasteiger partial charge >= 0.3 is 0 Å². The molecule has 0 aliphatic rings. The van der Waals surface area contributed by atoms with Crippen molar-refractivity contribution in [2.24, 2.45) is 0 Å². The summed E-state index contributed by atoms with van der Waals surface area (Å²) in [7, 11) is -3.70. The molecule has 0 unspecified atom stereocenters. The summed E-state index contributed by atoms with van der Waals surface area (Å²) in [5.74, 6) is -0.292. The van der Waals surface area contributed by atoms with Crippen LogP contribution in [0.15, 0.2) is 83.8 Å². The summed E-state index contributed by atoms with van der Waals surface area (Å²) in [6.45, 7) is 1.90. The third kappa shape index (κ3) is 4.10. The first-order chi connectivity index (χ1) is 12.5. The second-order valence-electron chi connectivity index (χ2n) is 5.76. The van der Waals surface area contributed by atoms with Gasteiger partial charge in [-0.2, -0.15) is 0 Å². The van der Waals surface area contributed by atoms with Crippen LogP contribution >= 0.6 is 0 Å². The fraction of sp³-hybridized carbons (Fsp3) is 0.0500. The van der Waals surface area contributed by atoms with Gasteiger partial charge in [-0.3, -0.25) is 9.52 Å². The van der Waals surface area contributed by atoms with Gasteiger partial charge in [0.25, 0.3) is 15.9 Å². The van der Waals surface area contributed by atoms with Gasteiger partial charge in [-0.1, -0.05) is 36.4 Å². The number of hydrogen-bond donors (Lipinski definition) is 2. The monoisotopic (exact) mass is 366 g/mol. The highest BCUT2D eigenvalue weighted by Gasteiger charge is 2.15. The molecule has 5 nitrogen and oxygen atoms in total. The number of anilines is 2. The molecule has 3 aromatic rings. The number of carbonyl (C=O) groups is 1. The number of aryl methyl sites for hydroxylation is 1. The largest absolute Gasteiger partial charge is 0.322 e. The molecule has 2 N–H and O–H groups in total. The summed E-state index contributed by atoms with van der Waals surface area (Å²) in [5.41, 5.74) is 2.54. The molecule has 0 saturated heterocycles. The van der Waals surface area contributed by atoms with Gasteiger partial charge in [-0.05, 0) is 55.0 Å². The van der Waals surface area contributed by atoms with Crippen molar-refractivity contribution < 1.29 is 13.2 Å². The standard InChI is InChI=1S/C20H18N2O3S/c1-15-7-5-6-10-19(15)21-20(23)16-11-13-18(14-12-16)26(24,25)22-17-8-3-2-4-9-17/h2-14,22H,1H3,(H,21,23). The van der Waals surface area contributed by atoms with Crippen LogP contribution in [0, 0.1) is 6.92 Å². The Bertz CT molecular complexity index is 1010. The molecule has 3 aromatic carbocycles. The van der Waals surface area contributed by atoms with Crippen LogP contribution < -0.4 is 10.0 Å². The van der Waals surface area contributed by atoms with Crippen LogP contribution in [0.2, 0.25) is 0 Å².